The second kappa shape index (κ2) is 14.5. The summed E-state index contributed by atoms with van der Waals surface area (Å²) in [7, 11) is 0. The van der Waals surface area contributed by atoms with Gasteiger partial charge in [0.25, 0.3) is 5.91 Å². The molecule has 0 spiro atoms. The number of benzene rings is 3. The third-order valence-corrected chi connectivity index (χ3v) is 7.52. The average Bonchev–Trinajstić information content (AvgIpc) is 3.37. The van der Waals surface area contributed by atoms with Gasteiger partial charge in [-0.15, -0.1) is 0 Å². The predicted octanol–water partition coefficient (Wildman–Crippen LogP) is 6.71. The summed E-state index contributed by atoms with van der Waals surface area (Å²) < 4.78 is 13.1. The third-order valence-electron chi connectivity index (χ3n) is 6.99. The molecule has 3 aromatic rings. The molecule has 0 bridgehead atoms. The molecular formula is C32H37BrN6O4. The van der Waals surface area contributed by atoms with Gasteiger partial charge in [0.1, 0.15) is 5.75 Å². The first-order chi connectivity index (χ1) is 20.6. The Hall–Kier alpha value is -3.89. The molecule has 10 nitrogen and oxygen atoms in total. The van der Waals surface area contributed by atoms with Gasteiger partial charge in [-0.3, -0.25) is 10.2 Å². The summed E-state index contributed by atoms with van der Waals surface area (Å²) in [6.07, 6.45) is 0.682. The molecule has 0 aliphatic carbocycles. The number of hydrazine groups is 1. The van der Waals surface area contributed by atoms with E-state index in [4.69, 9.17) is 19.6 Å². The van der Waals surface area contributed by atoms with Gasteiger partial charge in [0.15, 0.2) is 11.6 Å². The molecule has 4 rings (SSSR count). The van der Waals surface area contributed by atoms with E-state index in [-0.39, 0.29) is 30.2 Å². The molecule has 0 unspecified atom stereocenters. The average molecular weight is 650 g/mol. The van der Waals surface area contributed by atoms with Crippen LogP contribution in [0.2, 0.25) is 0 Å². The minimum Gasteiger partial charge on any atom is -0.494 e. The van der Waals surface area contributed by atoms with Crippen molar-refractivity contribution in [2.45, 2.75) is 51.7 Å². The van der Waals surface area contributed by atoms with E-state index in [0.717, 1.165) is 16.5 Å². The van der Waals surface area contributed by atoms with Gasteiger partial charge in [-0.1, -0.05) is 78.2 Å². The minimum absolute atomic E-state index is 0.0506. The number of aliphatic hydroxyl groups excluding tert-OH is 1. The topological polar surface area (TPSA) is 141 Å². The Morgan fingerprint density at radius 3 is 2.53 bits per heavy atom. The second-order valence-electron chi connectivity index (χ2n) is 11.5. The summed E-state index contributed by atoms with van der Waals surface area (Å²) in [6, 6.07) is 22.0. The Kier molecular flexibility index (Phi) is 10.8. The van der Waals surface area contributed by atoms with Crippen LogP contribution in [0, 0.1) is 5.41 Å². The van der Waals surface area contributed by atoms with Crippen molar-refractivity contribution in [1.29, 1.82) is 0 Å². The van der Waals surface area contributed by atoms with Gasteiger partial charge < -0.3 is 14.6 Å². The molecular weight excluding hydrogens is 612 g/mol. The first-order valence-corrected chi connectivity index (χ1v) is 15.0. The molecule has 0 saturated heterocycles. The van der Waals surface area contributed by atoms with Gasteiger partial charge in [0.05, 0.1) is 6.61 Å². The zero-order chi connectivity index (χ0) is 30.9. The first-order valence-electron chi connectivity index (χ1n) is 14.2. The van der Waals surface area contributed by atoms with Gasteiger partial charge in [-0.25, -0.2) is 10.4 Å². The van der Waals surface area contributed by atoms with E-state index in [1.807, 2.05) is 42.5 Å². The van der Waals surface area contributed by atoms with E-state index in [2.05, 4.69) is 57.6 Å². The van der Waals surface area contributed by atoms with E-state index in [1.54, 1.807) is 30.3 Å². The Balaban J connectivity index is 1.78. The van der Waals surface area contributed by atoms with Crippen molar-refractivity contribution in [2.75, 3.05) is 19.8 Å². The highest BCUT2D eigenvalue weighted by Crippen LogP contribution is 2.45. The molecule has 43 heavy (non-hydrogen) atoms. The molecule has 2 atom stereocenters. The zero-order valence-electron chi connectivity index (χ0n) is 24.6. The predicted molar refractivity (Wildman–Crippen MR) is 170 cm³/mol. The third kappa shape index (κ3) is 8.36. The highest BCUT2D eigenvalue weighted by atomic mass is 79.9. The Labute approximate surface area is 260 Å². The van der Waals surface area contributed by atoms with Crippen molar-refractivity contribution in [3.05, 3.63) is 104 Å². The number of carbonyl (C=O) groups is 1. The van der Waals surface area contributed by atoms with Crippen LogP contribution in [0.15, 0.2) is 87.4 Å². The minimum atomic E-state index is -1.45. The van der Waals surface area contributed by atoms with E-state index in [1.165, 1.54) is 0 Å². The van der Waals surface area contributed by atoms with Crippen molar-refractivity contribution < 1.29 is 19.4 Å². The van der Waals surface area contributed by atoms with Crippen LogP contribution in [0.4, 0.5) is 5.69 Å². The summed E-state index contributed by atoms with van der Waals surface area (Å²) in [6.45, 7) is 7.42. The molecule has 0 saturated carbocycles. The fourth-order valence-electron chi connectivity index (χ4n) is 4.71. The fourth-order valence-corrected chi connectivity index (χ4v) is 4.97. The molecule has 1 aliphatic heterocycles. The number of amides is 1. The number of carbonyl (C=O) groups excluding carboxylic acids is 1. The maximum Gasteiger partial charge on any atom is 0.266 e. The van der Waals surface area contributed by atoms with Crippen molar-refractivity contribution in [3.63, 3.8) is 0 Å². The summed E-state index contributed by atoms with van der Waals surface area (Å²) in [5.74, 6) is 0.552. The lowest BCUT2D eigenvalue weighted by Crippen LogP contribution is -2.54. The smallest absolute Gasteiger partial charge is 0.266 e. The Bertz CT molecular complexity index is 1470. The molecule has 11 heteroatoms. The van der Waals surface area contributed by atoms with Crippen molar-refractivity contribution in [3.8, 4) is 5.75 Å². The molecule has 1 aliphatic rings. The molecule has 0 aromatic heterocycles. The zero-order valence-corrected chi connectivity index (χ0v) is 26.2. The molecule has 0 fully saturated rings. The quantitative estimate of drug-likeness (QED) is 0.0621. The molecule has 3 aromatic carbocycles. The van der Waals surface area contributed by atoms with E-state index in [0.29, 0.717) is 42.1 Å². The van der Waals surface area contributed by atoms with Gasteiger partial charge in [-0.05, 0) is 59.3 Å². The van der Waals surface area contributed by atoms with Crippen molar-refractivity contribution in [2.24, 2.45) is 15.5 Å². The van der Waals surface area contributed by atoms with Crippen LogP contribution in [0.5, 0.6) is 5.75 Å². The number of rotatable bonds is 13. The maximum absolute atomic E-state index is 14.3. The number of ether oxygens (including phenoxy) is 2. The van der Waals surface area contributed by atoms with Gasteiger partial charge in [0.2, 0.25) is 5.90 Å². The molecule has 0 radical (unpaired) electrons. The van der Waals surface area contributed by atoms with Crippen LogP contribution < -0.4 is 15.6 Å². The SMILES string of the molecule is CC(C)(C)CCNNC(=O)[C@@]1(Cc2ccc(Br)cc2)N=C(c2ccc(OCCCO)cc2)O[C@H]1c1ccccc1N=[N+]=[N-]. The van der Waals surface area contributed by atoms with Crippen LogP contribution in [0.25, 0.3) is 10.4 Å². The van der Waals surface area contributed by atoms with Crippen LogP contribution in [0.1, 0.15) is 56.4 Å². The first kappa shape index (κ1) is 32.0. The van der Waals surface area contributed by atoms with Crippen LogP contribution in [-0.4, -0.2) is 42.2 Å². The molecule has 226 valence electrons. The Morgan fingerprint density at radius 2 is 1.86 bits per heavy atom. The fraction of sp³-hybridized carbons (Fsp3) is 0.375. The highest BCUT2D eigenvalue weighted by Gasteiger charge is 2.54. The Morgan fingerprint density at radius 1 is 1.14 bits per heavy atom. The lowest BCUT2D eigenvalue weighted by molar-refractivity contribution is -0.130. The normalized spacial score (nSPS) is 17.9. The molecule has 3 N–H and O–H groups in total. The van der Waals surface area contributed by atoms with E-state index >= 15 is 0 Å². The van der Waals surface area contributed by atoms with Gasteiger partial charge in [-0.2, -0.15) is 0 Å². The summed E-state index contributed by atoms with van der Waals surface area (Å²) >= 11 is 3.49. The standard InChI is InChI=1S/C32H37BrN6O4/c1-31(2,3)17-18-35-38-30(41)32(21-22-9-13-24(33)14-10-22)28(26-7-4-5-8-27(26)37-39-34)43-29(36-32)23-11-15-25(16-12-23)42-20-6-19-40/h4-5,7-16,28,35,40H,6,17-21H2,1-3H3,(H,38,41)/t28-,32-/m0/s1. The molecule has 1 heterocycles. The highest BCUT2D eigenvalue weighted by molar-refractivity contribution is 9.10. The number of halogens is 1. The number of nitrogens with zero attached hydrogens (tertiary/aromatic N) is 4. The lowest BCUT2D eigenvalue weighted by Gasteiger charge is -2.31. The monoisotopic (exact) mass is 648 g/mol. The van der Waals surface area contributed by atoms with Gasteiger partial charge in [0, 0.05) is 52.2 Å². The van der Waals surface area contributed by atoms with Crippen LogP contribution in [-0.2, 0) is 16.0 Å². The summed E-state index contributed by atoms with van der Waals surface area (Å²) in [4.78, 5) is 22.3. The van der Waals surface area contributed by atoms with Crippen LogP contribution in [0.3, 0.4) is 0 Å². The summed E-state index contributed by atoms with van der Waals surface area (Å²) in [5.41, 5.74) is 16.4. The number of aliphatic hydroxyl groups is 1. The van der Waals surface area contributed by atoms with E-state index in [9.17, 15) is 10.3 Å². The number of hydrogen-bond donors (Lipinski definition) is 3. The maximum atomic E-state index is 14.3. The number of hydrogen-bond acceptors (Lipinski definition) is 7. The van der Waals surface area contributed by atoms with Crippen molar-refractivity contribution >= 4 is 33.4 Å². The van der Waals surface area contributed by atoms with Gasteiger partial charge >= 0.3 is 0 Å². The number of nitrogens with one attached hydrogen (secondary N) is 2. The van der Waals surface area contributed by atoms with Crippen molar-refractivity contribution in [1.82, 2.24) is 10.9 Å². The number of aliphatic imine (C=N–C) groups is 1. The van der Waals surface area contributed by atoms with Crippen LogP contribution >= 0.6 is 15.9 Å². The largest absolute Gasteiger partial charge is 0.494 e. The second-order valence-corrected chi connectivity index (χ2v) is 12.4. The van der Waals surface area contributed by atoms with E-state index < -0.39 is 11.6 Å². The summed E-state index contributed by atoms with van der Waals surface area (Å²) in [5, 5.41) is 12.9. The number of azide groups is 1. The lowest BCUT2D eigenvalue weighted by atomic mass is 9.81. The molecule has 1 amide bonds.